The molecule has 1 aromatic carbocycles. The van der Waals surface area contributed by atoms with Gasteiger partial charge >= 0.3 is 0 Å². The van der Waals surface area contributed by atoms with Gasteiger partial charge in [0.1, 0.15) is 11.9 Å². The van der Waals surface area contributed by atoms with Gasteiger partial charge in [-0.25, -0.2) is 0 Å². The summed E-state index contributed by atoms with van der Waals surface area (Å²) in [5.74, 6) is 1.98. The molecule has 0 aromatic heterocycles. The van der Waals surface area contributed by atoms with Crippen molar-refractivity contribution in [3.05, 3.63) is 30.3 Å². The molecule has 6 heteroatoms. The highest BCUT2D eigenvalue weighted by atomic mass is 32.2. The van der Waals surface area contributed by atoms with Gasteiger partial charge in [-0.05, 0) is 31.2 Å². The minimum Gasteiger partial charge on any atom is -0.490 e. The van der Waals surface area contributed by atoms with Crippen LogP contribution in [0.1, 0.15) is 25.7 Å². The zero-order valence-electron chi connectivity index (χ0n) is 15.9. The van der Waals surface area contributed by atoms with Gasteiger partial charge in [0, 0.05) is 57.5 Å². The number of rotatable bonds is 5. The van der Waals surface area contributed by atoms with Gasteiger partial charge in [-0.1, -0.05) is 18.2 Å². The first-order valence-electron chi connectivity index (χ1n) is 9.55. The van der Waals surface area contributed by atoms with Gasteiger partial charge in [-0.15, -0.1) is 0 Å². The van der Waals surface area contributed by atoms with Crippen LogP contribution < -0.4 is 10.1 Å². The number of benzene rings is 1. The molecule has 2 saturated heterocycles. The van der Waals surface area contributed by atoms with Crippen LogP contribution in [0.3, 0.4) is 0 Å². The fourth-order valence-electron chi connectivity index (χ4n) is 3.65. The molecule has 5 nitrogen and oxygen atoms in total. The first kappa shape index (κ1) is 19.4. The summed E-state index contributed by atoms with van der Waals surface area (Å²) in [7, 11) is 1.88. The highest BCUT2D eigenvalue weighted by molar-refractivity contribution is 8.00. The molecule has 2 fully saturated rings. The Morgan fingerprint density at radius 2 is 1.96 bits per heavy atom. The van der Waals surface area contributed by atoms with Crippen molar-refractivity contribution in [3.63, 3.8) is 0 Å². The Morgan fingerprint density at radius 1 is 1.27 bits per heavy atom. The molecule has 0 radical (unpaired) electrons. The van der Waals surface area contributed by atoms with Crippen molar-refractivity contribution < 1.29 is 9.47 Å². The number of nitrogens with zero attached hydrogens (tertiary/aromatic N) is 2. The Bertz CT molecular complexity index is 568. The van der Waals surface area contributed by atoms with Gasteiger partial charge in [-0.3, -0.25) is 4.99 Å². The molecule has 3 rings (SSSR count). The van der Waals surface area contributed by atoms with Crippen LogP contribution in [0.25, 0.3) is 0 Å². The molecule has 2 aliphatic rings. The maximum Gasteiger partial charge on any atom is 0.193 e. The first-order chi connectivity index (χ1) is 12.7. The summed E-state index contributed by atoms with van der Waals surface area (Å²) >= 11 is 1.96. The Morgan fingerprint density at radius 3 is 2.58 bits per heavy atom. The van der Waals surface area contributed by atoms with Gasteiger partial charge in [-0.2, -0.15) is 11.8 Å². The Labute approximate surface area is 161 Å². The number of thioether (sulfide) groups is 1. The highest BCUT2D eigenvalue weighted by Gasteiger charge is 2.32. The van der Waals surface area contributed by atoms with E-state index in [2.05, 4.69) is 21.5 Å². The van der Waals surface area contributed by atoms with E-state index >= 15 is 0 Å². The molecule has 2 aliphatic heterocycles. The van der Waals surface area contributed by atoms with E-state index in [1.807, 2.05) is 49.1 Å². The van der Waals surface area contributed by atoms with Gasteiger partial charge in [0.05, 0.1) is 0 Å². The summed E-state index contributed by atoms with van der Waals surface area (Å²) in [5, 5.41) is 3.62. The molecule has 0 aliphatic carbocycles. The topological polar surface area (TPSA) is 46.1 Å². The minimum absolute atomic E-state index is 0.267. The summed E-state index contributed by atoms with van der Waals surface area (Å²) < 4.78 is 11.9. The molecule has 0 unspecified atom stereocenters. The lowest BCUT2D eigenvalue weighted by molar-refractivity contribution is 0.0778. The molecular weight excluding hydrogens is 346 g/mol. The molecule has 1 N–H and O–H groups in total. The second-order valence-electron chi connectivity index (χ2n) is 7.02. The number of hydrogen-bond donors (Lipinski definition) is 1. The van der Waals surface area contributed by atoms with Gasteiger partial charge in [0.2, 0.25) is 0 Å². The maximum atomic E-state index is 6.10. The van der Waals surface area contributed by atoms with Gasteiger partial charge < -0.3 is 19.7 Å². The Hall–Kier alpha value is -1.40. The molecule has 0 bridgehead atoms. The number of ether oxygens (including phenoxy) is 2. The van der Waals surface area contributed by atoms with Crippen molar-refractivity contribution in [1.82, 2.24) is 10.2 Å². The third-order valence-electron chi connectivity index (χ3n) is 5.40. The zero-order valence-corrected chi connectivity index (χ0v) is 16.8. The standard InChI is InChI=1S/C20H31N3O2S/c1-21-19(22-16-20(26-2)10-14-24-15-11-20)23-12-8-18(9-13-23)25-17-6-4-3-5-7-17/h3-7,18H,8-16H2,1-2H3,(H,21,22). The summed E-state index contributed by atoms with van der Waals surface area (Å²) in [4.78, 5) is 6.88. The SMILES string of the molecule is CN=C(NCC1(SC)CCOCC1)N1CCC(Oc2ccccc2)CC1. The van der Waals surface area contributed by atoms with Crippen LogP contribution in [0.5, 0.6) is 5.75 Å². The molecule has 2 heterocycles. The van der Waals surface area contributed by atoms with E-state index < -0.39 is 0 Å². The third kappa shape index (κ3) is 5.07. The summed E-state index contributed by atoms with van der Waals surface area (Å²) in [5.41, 5.74) is 0. The largest absolute Gasteiger partial charge is 0.490 e. The number of guanidine groups is 1. The summed E-state index contributed by atoms with van der Waals surface area (Å²) in [6, 6.07) is 10.1. The number of para-hydroxylation sites is 1. The molecule has 1 aromatic rings. The number of hydrogen-bond acceptors (Lipinski definition) is 4. The van der Waals surface area contributed by atoms with Crippen molar-refractivity contribution in [3.8, 4) is 5.75 Å². The fourth-order valence-corrected chi connectivity index (χ4v) is 4.44. The normalized spacial score (nSPS) is 21.5. The third-order valence-corrected chi connectivity index (χ3v) is 6.82. The van der Waals surface area contributed by atoms with E-state index in [0.717, 1.165) is 70.2 Å². The van der Waals surface area contributed by atoms with Crippen molar-refractivity contribution in [2.75, 3.05) is 46.2 Å². The fraction of sp³-hybridized carbons (Fsp3) is 0.650. The van der Waals surface area contributed by atoms with Gasteiger partial charge in [0.15, 0.2) is 5.96 Å². The van der Waals surface area contributed by atoms with Crippen LogP contribution >= 0.6 is 11.8 Å². The Balaban J connectivity index is 1.47. The van der Waals surface area contributed by atoms with Crippen LogP contribution in [-0.4, -0.2) is 67.9 Å². The molecule has 0 saturated carbocycles. The average molecular weight is 378 g/mol. The molecule has 0 atom stereocenters. The van der Waals surface area contributed by atoms with E-state index in [9.17, 15) is 0 Å². The number of nitrogens with one attached hydrogen (secondary N) is 1. The number of likely N-dealkylation sites (tertiary alicyclic amines) is 1. The Kier molecular flexibility index (Phi) is 7.08. The van der Waals surface area contributed by atoms with Crippen molar-refractivity contribution >= 4 is 17.7 Å². The van der Waals surface area contributed by atoms with Crippen molar-refractivity contribution in [1.29, 1.82) is 0 Å². The van der Waals surface area contributed by atoms with Crippen LogP contribution in [-0.2, 0) is 4.74 Å². The predicted molar refractivity (Wildman–Crippen MR) is 109 cm³/mol. The number of piperidine rings is 1. The smallest absolute Gasteiger partial charge is 0.193 e. The molecule has 0 amide bonds. The molecular formula is C20H31N3O2S. The van der Waals surface area contributed by atoms with E-state index in [1.165, 1.54) is 0 Å². The maximum absolute atomic E-state index is 6.10. The quantitative estimate of drug-likeness (QED) is 0.631. The molecule has 0 spiro atoms. The van der Waals surface area contributed by atoms with Crippen LogP contribution in [0.15, 0.2) is 35.3 Å². The van der Waals surface area contributed by atoms with E-state index in [4.69, 9.17) is 9.47 Å². The predicted octanol–water partition coefficient (Wildman–Crippen LogP) is 3.02. The van der Waals surface area contributed by atoms with Crippen molar-refractivity contribution in [2.24, 2.45) is 4.99 Å². The summed E-state index contributed by atoms with van der Waals surface area (Å²) in [6.07, 6.45) is 6.76. The summed E-state index contributed by atoms with van der Waals surface area (Å²) in [6.45, 7) is 4.64. The van der Waals surface area contributed by atoms with E-state index in [0.29, 0.717) is 6.10 Å². The lowest BCUT2D eigenvalue weighted by atomic mass is 9.99. The van der Waals surface area contributed by atoms with E-state index in [1.54, 1.807) is 0 Å². The van der Waals surface area contributed by atoms with Gasteiger partial charge in [0.25, 0.3) is 0 Å². The lowest BCUT2D eigenvalue weighted by Gasteiger charge is -2.38. The van der Waals surface area contributed by atoms with E-state index in [-0.39, 0.29) is 4.75 Å². The number of aliphatic imine (C=N–C) groups is 1. The van der Waals surface area contributed by atoms with Crippen LogP contribution in [0, 0.1) is 0 Å². The first-order valence-corrected chi connectivity index (χ1v) is 10.8. The monoisotopic (exact) mass is 377 g/mol. The second kappa shape index (κ2) is 9.51. The average Bonchev–Trinajstić information content (AvgIpc) is 2.71. The molecule has 26 heavy (non-hydrogen) atoms. The lowest BCUT2D eigenvalue weighted by Crippen LogP contribution is -2.51. The molecule has 144 valence electrons. The van der Waals surface area contributed by atoms with Crippen LogP contribution in [0.2, 0.25) is 0 Å². The van der Waals surface area contributed by atoms with Crippen LogP contribution in [0.4, 0.5) is 0 Å². The van der Waals surface area contributed by atoms with Crippen molar-refractivity contribution in [2.45, 2.75) is 36.5 Å². The minimum atomic E-state index is 0.267. The second-order valence-corrected chi connectivity index (χ2v) is 8.29. The zero-order chi connectivity index (χ0) is 18.2. The highest BCUT2D eigenvalue weighted by Crippen LogP contribution is 2.33.